The molecule has 0 aliphatic rings. The number of thiazole rings is 1. The predicted octanol–water partition coefficient (Wildman–Crippen LogP) is 1.25. The Morgan fingerprint density at radius 3 is 2.90 bits per heavy atom. The molecule has 112 valence electrons. The summed E-state index contributed by atoms with van der Waals surface area (Å²) in [6, 6.07) is 5.88. The molecule has 2 aromatic heterocycles. The second-order valence-electron chi connectivity index (χ2n) is 4.72. The van der Waals surface area contributed by atoms with Crippen LogP contribution in [0.1, 0.15) is 11.4 Å². The van der Waals surface area contributed by atoms with Crippen molar-refractivity contribution in [3.63, 3.8) is 0 Å². The van der Waals surface area contributed by atoms with E-state index in [1.54, 1.807) is 17.5 Å². The molecule has 2 rings (SSSR count). The van der Waals surface area contributed by atoms with Crippen molar-refractivity contribution in [2.45, 2.75) is 13.0 Å². The van der Waals surface area contributed by atoms with E-state index in [2.05, 4.69) is 20.3 Å². The van der Waals surface area contributed by atoms with Crippen molar-refractivity contribution in [1.82, 2.24) is 15.3 Å². The van der Waals surface area contributed by atoms with Crippen molar-refractivity contribution in [2.24, 2.45) is 10.7 Å². The Kier molecular flexibility index (Phi) is 5.51. The molecule has 0 aromatic carbocycles. The van der Waals surface area contributed by atoms with Gasteiger partial charge in [-0.2, -0.15) is 0 Å². The Morgan fingerprint density at radius 2 is 2.24 bits per heavy atom. The van der Waals surface area contributed by atoms with Crippen LogP contribution in [0, 0.1) is 0 Å². The first-order valence-corrected chi connectivity index (χ1v) is 7.58. The van der Waals surface area contributed by atoms with Gasteiger partial charge in [-0.1, -0.05) is 6.07 Å². The first-order chi connectivity index (χ1) is 10.1. The summed E-state index contributed by atoms with van der Waals surface area (Å²) >= 11 is 1.60. The third kappa shape index (κ3) is 5.03. The zero-order valence-corrected chi connectivity index (χ0v) is 13.1. The number of nitrogens with zero attached hydrogens (tertiary/aromatic N) is 4. The maximum Gasteiger partial charge on any atom is 0.188 e. The number of pyridine rings is 1. The van der Waals surface area contributed by atoms with Crippen LogP contribution >= 0.6 is 11.3 Å². The number of rotatable bonds is 6. The van der Waals surface area contributed by atoms with Crippen LogP contribution < -0.4 is 16.0 Å². The largest absolute Gasteiger partial charge is 0.370 e. The van der Waals surface area contributed by atoms with E-state index in [9.17, 15) is 0 Å². The van der Waals surface area contributed by atoms with E-state index in [1.165, 1.54) is 0 Å². The molecule has 0 aliphatic heterocycles. The number of nitrogens with two attached hydrogens (primary N) is 1. The van der Waals surface area contributed by atoms with E-state index in [-0.39, 0.29) is 0 Å². The number of nitrogens with one attached hydrogen (secondary N) is 1. The first-order valence-electron chi connectivity index (χ1n) is 6.70. The SMILES string of the molecule is CN(C)c1nc(CN=C(N)NCCc2ccccn2)cs1. The molecular weight excluding hydrogens is 284 g/mol. The summed E-state index contributed by atoms with van der Waals surface area (Å²) < 4.78 is 0. The lowest BCUT2D eigenvalue weighted by molar-refractivity contribution is 0.826. The summed E-state index contributed by atoms with van der Waals surface area (Å²) in [6.07, 6.45) is 2.61. The average molecular weight is 304 g/mol. The molecule has 0 aliphatic carbocycles. The van der Waals surface area contributed by atoms with Gasteiger partial charge in [0.25, 0.3) is 0 Å². The maximum absolute atomic E-state index is 5.84. The molecule has 6 nitrogen and oxygen atoms in total. The molecule has 0 atom stereocenters. The molecule has 21 heavy (non-hydrogen) atoms. The number of aliphatic imine (C=N–C) groups is 1. The summed E-state index contributed by atoms with van der Waals surface area (Å²) in [6.45, 7) is 1.21. The van der Waals surface area contributed by atoms with Gasteiger partial charge in [0.2, 0.25) is 0 Å². The van der Waals surface area contributed by atoms with E-state index in [0.29, 0.717) is 19.0 Å². The Hall–Kier alpha value is -2.15. The minimum absolute atomic E-state index is 0.435. The van der Waals surface area contributed by atoms with Crippen LogP contribution in [0.15, 0.2) is 34.8 Å². The third-order valence-corrected chi connectivity index (χ3v) is 3.80. The molecule has 0 unspecified atom stereocenters. The van der Waals surface area contributed by atoms with Gasteiger partial charge < -0.3 is 16.0 Å². The van der Waals surface area contributed by atoms with E-state index in [4.69, 9.17) is 5.73 Å². The molecule has 3 N–H and O–H groups in total. The van der Waals surface area contributed by atoms with Gasteiger partial charge in [-0.15, -0.1) is 11.3 Å². The van der Waals surface area contributed by atoms with Gasteiger partial charge in [0, 0.05) is 44.3 Å². The lowest BCUT2D eigenvalue weighted by Gasteiger charge is -2.06. The number of hydrogen-bond acceptors (Lipinski definition) is 5. The number of aromatic nitrogens is 2. The second-order valence-corrected chi connectivity index (χ2v) is 5.55. The van der Waals surface area contributed by atoms with Crippen molar-refractivity contribution in [3.8, 4) is 0 Å². The summed E-state index contributed by atoms with van der Waals surface area (Å²) in [5, 5.41) is 6.06. The van der Waals surface area contributed by atoms with E-state index in [0.717, 1.165) is 22.9 Å². The molecule has 0 saturated carbocycles. The Morgan fingerprint density at radius 1 is 1.38 bits per heavy atom. The van der Waals surface area contributed by atoms with Crippen molar-refractivity contribution < 1.29 is 0 Å². The molecule has 0 saturated heterocycles. The zero-order valence-electron chi connectivity index (χ0n) is 12.3. The summed E-state index contributed by atoms with van der Waals surface area (Å²) in [5.74, 6) is 0.435. The normalized spacial score (nSPS) is 11.4. The van der Waals surface area contributed by atoms with Crippen LogP contribution in [0.3, 0.4) is 0 Å². The van der Waals surface area contributed by atoms with Gasteiger partial charge in [-0.05, 0) is 12.1 Å². The zero-order chi connectivity index (χ0) is 15.1. The Labute approximate surface area is 128 Å². The average Bonchev–Trinajstić information content (AvgIpc) is 2.95. The summed E-state index contributed by atoms with van der Waals surface area (Å²) in [7, 11) is 3.94. The van der Waals surface area contributed by atoms with Crippen molar-refractivity contribution >= 4 is 22.4 Å². The summed E-state index contributed by atoms with van der Waals surface area (Å²) in [4.78, 5) is 15.0. The van der Waals surface area contributed by atoms with Crippen molar-refractivity contribution in [2.75, 3.05) is 25.5 Å². The molecule has 0 bridgehead atoms. The third-order valence-electron chi connectivity index (χ3n) is 2.75. The highest BCUT2D eigenvalue weighted by Crippen LogP contribution is 2.18. The minimum atomic E-state index is 0.435. The fourth-order valence-electron chi connectivity index (χ4n) is 1.66. The first kappa shape index (κ1) is 15.2. The molecule has 2 heterocycles. The van der Waals surface area contributed by atoms with Crippen LogP contribution in [0.25, 0.3) is 0 Å². The fraction of sp³-hybridized carbons (Fsp3) is 0.357. The van der Waals surface area contributed by atoms with Crippen molar-refractivity contribution in [1.29, 1.82) is 0 Å². The van der Waals surface area contributed by atoms with Crippen LogP contribution in [0.2, 0.25) is 0 Å². The Bertz CT molecular complexity index is 578. The van der Waals surface area contributed by atoms with Crippen molar-refractivity contribution in [3.05, 3.63) is 41.2 Å². The molecule has 7 heteroatoms. The molecule has 0 radical (unpaired) electrons. The molecule has 2 aromatic rings. The summed E-state index contributed by atoms with van der Waals surface area (Å²) in [5.41, 5.74) is 7.80. The molecule has 0 spiro atoms. The van der Waals surface area contributed by atoms with E-state index >= 15 is 0 Å². The standard InChI is InChI=1S/C14H20N6S/c1-20(2)14-19-12(10-21-14)9-18-13(15)17-8-6-11-5-3-4-7-16-11/h3-5,7,10H,6,8-9H2,1-2H3,(H3,15,17,18). The molecule has 0 fully saturated rings. The minimum Gasteiger partial charge on any atom is -0.370 e. The quantitative estimate of drug-likeness (QED) is 0.620. The van der Waals surface area contributed by atoms with E-state index < -0.39 is 0 Å². The van der Waals surface area contributed by atoms with Crippen LogP contribution in [0.5, 0.6) is 0 Å². The molecular formula is C14H20N6S. The highest BCUT2D eigenvalue weighted by Gasteiger charge is 2.03. The smallest absolute Gasteiger partial charge is 0.188 e. The van der Waals surface area contributed by atoms with Crippen LogP contribution in [-0.2, 0) is 13.0 Å². The van der Waals surface area contributed by atoms with Gasteiger partial charge in [0.05, 0.1) is 12.2 Å². The lowest BCUT2D eigenvalue weighted by atomic mass is 10.3. The second kappa shape index (κ2) is 7.58. The van der Waals surface area contributed by atoms with Gasteiger partial charge in [-0.25, -0.2) is 9.98 Å². The van der Waals surface area contributed by atoms with Crippen LogP contribution in [0.4, 0.5) is 5.13 Å². The van der Waals surface area contributed by atoms with E-state index in [1.807, 2.05) is 42.6 Å². The monoisotopic (exact) mass is 304 g/mol. The highest BCUT2D eigenvalue weighted by atomic mass is 32.1. The lowest BCUT2D eigenvalue weighted by Crippen LogP contribution is -2.33. The van der Waals surface area contributed by atoms with Gasteiger partial charge in [0.15, 0.2) is 11.1 Å². The number of hydrogen-bond donors (Lipinski definition) is 2. The highest BCUT2D eigenvalue weighted by molar-refractivity contribution is 7.13. The Balaban J connectivity index is 1.76. The topological polar surface area (TPSA) is 79.4 Å². The van der Waals surface area contributed by atoms with Gasteiger partial charge >= 0.3 is 0 Å². The molecule has 0 amide bonds. The van der Waals surface area contributed by atoms with Gasteiger partial charge in [-0.3, -0.25) is 4.98 Å². The van der Waals surface area contributed by atoms with Gasteiger partial charge in [0.1, 0.15) is 0 Å². The maximum atomic E-state index is 5.84. The van der Waals surface area contributed by atoms with Crippen LogP contribution in [-0.4, -0.2) is 36.6 Å². The fourth-order valence-corrected chi connectivity index (χ4v) is 2.41. The number of anilines is 1. The number of guanidine groups is 1. The predicted molar refractivity (Wildman–Crippen MR) is 87.7 cm³/mol.